The first-order valence-corrected chi connectivity index (χ1v) is 7.73. The number of rotatable bonds is 4. The number of carbonyl (C=O) groups is 1. The van der Waals surface area contributed by atoms with Crippen LogP contribution in [0, 0.1) is 5.92 Å². The Labute approximate surface area is 125 Å². The van der Waals surface area contributed by atoms with Gasteiger partial charge in [0.15, 0.2) is 0 Å². The maximum absolute atomic E-state index is 12.3. The van der Waals surface area contributed by atoms with Crippen LogP contribution in [0.5, 0.6) is 0 Å². The number of benzene rings is 2. The molecule has 0 radical (unpaired) electrons. The molecule has 2 aliphatic rings. The second-order valence-corrected chi connectivity index (χ2v) is 6.23. The Morgan fingerprint density at radius 1 is 0.810 bits per heavy atom. The molecule has 4 rings (SSSR count). The van der Waals surface area contributed by atoms with Crippen LogP contribution in [-0.2, 0) is 4.79 Å². The largest absolute Gasteiger partial charge is 0.352 e. The predicted molar refractivity (Wildman–Crippen MR) is 83.0 cm³/mol. The summed E-state index contributed by atoms with van der Waals surface area (Å²) in [6.45, 7) is 0. The van der Waals surface area contributed by atoms with E-state index in [1.807, 2.05) is 12.1 Å². The van der Waals surface area contributed by atoms with Gasteiger partial charge in [0.1, 0.15) is 0 Å². The van der Waals surface area contributed by atoms with Crippen molar-refractivity contribution < 1.29 is 4.79 Å². The molecule has 1 amide bonds. The van der Waals surface area contributed by atoms with E-state index in [1.165, 1.54) is 11.1 Å². The molecule has 0 aliphatic heterocycles. The highest BCUT2D eigenvalue weighted by molar-refractivity contribution is 5.83. The molecule has 2 nitrogen and oxygen atoms in total. The van der Waals surface area contributed by atoms with Crippen LogP contribution in [0.3, 0.4) is 0 Å². The van der Waals surface area contributed by atoms with E-state index in [-0.39, 0.29) is 11.8 Å². The molecule has 1 N–H and O–H groups in total. The summed E-state index contributed by atoms with van der Waals surface area (Å²) in [5.41, 5.74) is 2.64. The van der Waals surface area contributed by atoms with Crippen molar-refractivity contribution in [3.8, 4) is 0 Å². The first-order chi connectivity index (χ1) is 10.3. The third kappa shape index (κ3) is 2.58. The van der Waals surface area contributed by atoms with Gasteiger partial charge in [-0.2, -0.15) is 0 Å². The highest BCUT2D eigenvalue weighted by Gasteiger charge is 2.47. The molecule has 2 aromatic rings. The zero-order valence-electron chi connectivity index (χ0n) is 11.9. The Balaban J connectivity index is 1.33. The van der Waals surface area contributed by atoms with Crippen LogP contribution < -0.4 is 5.32 Å². The van der Waals surface area contributed by atoms with Crippen LogP contribution >= 0.6 is 0 Å². The number of nitrogens with one attached hydrogen (secondary N) is 1. The second-order valence-electron chi connectivity index (χ2n) is 6.23. The van der Waals surface area contributed by atoms with Gasteiger partial charge < -0.3 is 5.32 Å². The first kappa shape index (κ1) is 12.6. The molecule has 0 unspecified atom stereocenters. The van der Waals surface area contributed by atoms with E-state index < -0.39 is 0 Å². The third-order valence-corrected chi connectivity index (χ3v) is 4.70. The molecular formula is C19H19NO. The highest BCUT2D eigenvalue weighted by atomic mass is 16.2. The summed E-state index contributed by atoms with van der Waals surface area (Å²) >= 11 is 0. The Hall–Kier alpha value is -2.09. The molecule has 0 saturated heterocycles. The summed E-state index contributed by atoms with van der Waals surface area (Å²) in [5.74, 6) is 1.38. The standard InChI is InChI=1S/C19H19NO/c21-19(17-11-15(17)13-7-3-1-4-8-13)20-18-12-16(18)14-9-5-2-6-10-14/h1-10,15-18H,11-12H2,(H,20,21)/t15-,16-,17-,18-/m1/s1. The fourth-order valence-electron chi connectivity index (χ4n) is 3.27. The molecule has 21 heavy (non-hydrogen) atoms. The molecule has 106 valence electrons. The Morgan fingerprint density at radius 2 is 1.38 bits per heavy atom. The van der Waals surface area contributed by atoms with E-state index in [4.69, 9.17) is 0 Å². The molecule has 2 aliphatic carbocycles. The molecule has 0 heterocycles. The van der Waals surface area contributed by atoms with Gasteiger partial charge >= 0.3 is 0 Å². The van der Waals surface area contributed by atoms with Crippen molar-refractivity contribution in [1.29, 1.82) is 0 Å². The van der Waals surface area contributed by atoms with Crippen LogP contribution in [0.4, 0.5) is 0 Å². The van der Waals surface area contributed by atoms with Gasteiger partial charge in [0.05, 0.1) is 0 Å². The lowest BCUT2D eigenvalue weighted by atomic mass is 10.1. The summed E-state index contributed by atoms with van der Waals surface area (Å²) in [6.07, 6.45) is 2.08. The lowest BCUT2D eigenvalue weighted by Crippen LogP contribution is -2.28. The summed E-state index contributed by atoms with van der Waals surface area (Å²) in [6, 6.07) is 21.2. The van der Waals surface area contributed by atoms with Crippen molar-refractivity contribution in [3.05, 3.63) is 71.8 Å². The normalized spacial score (nSPS) is 29.7. The quantitative estimate of drug-likeness (QED) is 0.911. The van der Waals surface area contributed by atoms with Crippen LogP contribution in [-0.4, -0.2) is 11.9 Å². The van der Waals surface area contributed by atoms with E-state index in [1.54, 1.807) is 0 Å². The molecule has 0 bridgehead atoms. The lowest BCUT2D eigenvalue weighted by molar-refractivity contribution is -0.122. The fraction of sp³-hybridized carbons (Fsp3) is 0.316. The summed E-state index contributed by atoms with van der Waals surface area (Å²) < 4.78 is 0. The van der Waals surface area contributed by atoms with Crippen molar-refractivity contribution in [2.45, 2.75) is 30.7 Å². The monoisotopic (exact) mass is 277 g/mol. The van der Waals surface area contributed by atoms with E-state index in [0.717, 1.165) is 12.8 Å². The van der Waals surface area contributed by atoms with Gasteiger partial charge in [0, 0.05) is 17.9 Å². The zero-order chi connectivity index (χ0) is 14.2. The van der Waals surface area contributed by atoms with E-state index >= 15 is 0 Å². The van der Waals surface area contributed by atoms with Crippen LogP contribution in [0.1, 0.15) is 35.8 Å². The SMILES string of the molecule is O=C(N[C@@H]1C[C@@H]1c1ccccc1)[C@@H]1C[C@@H]1c1ccccc1. The number of hydrogen-bond donors (Lipinski definition) is 1. The number of amides is 1. The molecule has 0 spiro atoms. The van der Waals surface area contributed by atoms with Gasteiger partial charge in [0.2, 0.25) is 5.91 Å². The van der Waals surface area contributed by atoms with Crippen molar-refractivity contribution in [1.82, 2.24) is 5.32 Å². The van der Waals surface area contributed by atoms with Crippen LogP contribution in [0.2, 0.25) is 0 Å². The average Bonchev–Trinajstić information content (AvgIpc) is 3.43. The second kappa shape index (κ2) is 5.03. The van der Waals surface area contributed by atoms with Crippen molar-refractivity contribution in [3.63, 3.8) is 0 Å². The minimum absolute atomic E-state index is 0.185. The van der Waals surface area contributed by atoms with Gasteiger partial charge in [-0.25, -0.2) is 0 Å². The van der Waals surface area contributed by atoms with E-state index in [9.17, 15) is 4.79 Å². The Kier molecular flexibility index (Phi) is 3.03. The first-order valence-electron chi connectivity index (χ1n) is 7.73. The van der Waals surface area contributed by atoms with Gasteiger partial charge in [-0.05, 0) is 29.9 Å². The van der Waals surface area contributed by atoms with Gasteiger partial charge in [-0.1, -0.05) is 60.7 Å². The maximum Gasteiger partial charge on any atom is 0.223 e. The number of hydrogen-bond acceptors (Lipinski definition) is 1. The van der Waals surface area contributed by atoms with Crippen molar-refractivity contribution >= 4 is 5.91 Å². The zero-order valence-corrected chi connectivity index (χ0v) is 11.9. The maximum atomic E-state index is 12.3. The summed E-state index contributed by atoms with van der Waals surface area (Å²) in [7, 11) is 0. The van der Waals surface area contributed by atoms with Crippen LogP contribution in [0.15, 0.2) is 60.7 Å². The minimum Gasteiger partial charge on any atom is -0.352 e. The molecule has 0 aromatic heterocycles. The highest BCUT2D eigenvalue weighted by Crippen LogP contribution is 2.48. The molecular weight excluding hydrogens is 258 g/mol. The van der Waals surface area contributed by atoms with E-state index in [0.29, 0.717) is 17.9 Å². The van der Waals surface area contributed by atoms with E-state index in [2.05, 4.69) is 53.8 Å². The smallest absolute Gasteiger partial charge is 0.223 e. The molecule has 2 aromatic carbocycles. The van der Waals surface area contributed by atoms with Gasteiger partial charge in [-0.3, -0.25) is 4.79 Å². The summed E-state index contributed by atoms with van der Waals surface area (Å²) in [5, 5.41) is 3.23. The number of carbonyl (C=O) groups excluding carboxylic acids is 1. The minimum atomic E-state index is 0.185. The molecule has 2 fully saturated rings. The topological polar surface area (TPSA) is 29.1 Å². The lowest BCUT2D eigenvalue weighted by Gasteiger charge is -2.05. The third-order valence-electron chi connectivity index (χ3n) is 4.70. The van der Waals surface area contributed by atoms with Crippen molar-refractivity contribution in [2.24, 2.45) is 5.92 Å². The molecule has 2 heteroatoms. The summed E-state index contributed by atoms with van der Waals surface area (Å²) in [4.78, 5) is 12.3. The molecule has 2 saturated carbocycles. The van der Waals surface area contributed by atoms with Crippen molar-refractivity contribution in [2.75, 3.05) is 0 Å². The Bertz CT molecular complexity index is 637. The fourth-order valence-corrected chi connectivity index (χ4v) is 3.27. The predicted octanol–water partition coefficient (Wildman–Crippen LogP) is 3.46. The van der Waals surface area contributed by atoms with Gasteiger partial charge in [-0.15, -0.1) is 0 Å². The average molecular weight is 277 g/mol. The molecule has 4 atom stereocenters. The van der Waals surface area contributed by atoms with Gasteiger partial charge in [0.25, 0.3) is 0 Å². The van der Waals surface area contributed by atoms with Crippen LogP contribution in [0.25, 0.3) is 0 Å². The Morgan fingerprint density at radius 3 is 2.00 bits per heavy atom.